The maximum absolute atomic E-state index is 12.6. The third-order valence-electron chi connectivity index (χ3n) is 2.30. The minimum atomic E-state index is -4.31. The highest BCUT2D eigenvalue weighted by Gasteiger charge is 2.33. The zero-order valence-electron chi connectivity index (χ0n) is 10.0. The number of halogens is 3. The van der Waals surface area contributed by atoms with Crippen molar-refractivity contribution < 1.29 is 13.2 Å². The van der Waals surface area contributed by atoms with Crippen LogP contribution in [-0.2, 0) is 0 Å². The molecule has 0 radical (unpaired) electrons. The standard InChI is InChI=1S/C11H14F3N3S/c1-7(2)17(6-11(12,13)14)10-8(9(15)18)4-3-5-16-10/h3-5,7H,6H2,1-2H3,(H2,15,18). The Bertz CT molecular complexity index is 432. The molecule has 0 fully saturated rings. The SMILES string of the molecule is CC(C)N(CC(F)(F)F)c1ncccc1C(N)=S. The molecule has 1 aromatic heterocycles. The van der Waals surface area contributed by atoms with Crippen LogP contribution in [0.3, 0.4) is 0 Å². The van der Waals surface area contributed by atoms with Crippen molar-refractivity contribution in [1.82, 2.24) is 4.98 Å². The van der Waals surface area contributed by atoms with E-state index in [0.29, 0.717) is 5.56 Å². The number of hydrogen-bond acceptors (Lipinski definition) is 3. The second-order valence-electron chi connectivity index (χ2n) is 4.08. The lowest BCUT2D eigenvalue weighted by Crippen LogP contribution is -2.40. The van der Waals surface area contributed by atoms with Crippen molar-refractivity contribution >= 4 is 23.0 Å². The van der Waals surface area contributed by atoms with Gasteiger partial charge in [-0.15, -0.1) is 0 Å². The zero-order chi connectivity index (χ0) is 13.9. The van der Waals surface area contributed by atoms with Gasteiger partial charge in [-0.25, -0.2) is 4.98 Å². The van der Waals surface area contributed by atoms with Crippen molar-refractivity contribution in [1.29, 1.82) is 0 Å². The van der Waals surface area contributed by atoms with Crippen molar-refractivity contribution in [3.8, 4) is 0 Å². The molecular weight excluding hydrogens is 263 g/mol. The van der Waals surface area contributed by atoms with Crippen LogP contribution in [0.5, 0.6) is 0 Å². The molecule has 1 aromatic rings. The predicted octanol–water partition coefficient (Wildman–Crippen LogP) is 2.49. The van der Waals surface area contributed by atoms with Crippen molar-refractivity contribution in [2.75, 3.05) is 11.4 Å². The van der Waals surface area contributed by atoms with E-state index in [2.05, 4.69) is 4.98 Å². The quantitative estimate of drug-likeness (QED) is 0.859. The number of aromatic nitrogens is 1. The Labute approximate surface area is 109 Å². The first-order valence-corrected chi connectivity index (χ1v) is 5.71. The second-order valence-corrected chi connectivity index (χ2v) is 4.52. The lowest BCUT2D eigenvalue weighted by atomic mass is 10.2. The van der Waals surface area contributed by atoms with Gasteiger partial charge in [0, 0.05) is 12.2 Å². The minimum Gasteiger partial charge on any atom is -0.389 e. The summed E-state index contributed by atoms with van der Waals surface area (Å²) >= 11 is 4.83. The molecule has 0 aliphatic rings. The van der Waals surface area contributed by atoms with Crippen molar-refractivity contribution in [2.45, 2.75) is 26.1 Å². The lowest BCUT2D eigenvalue weighted by molar-refractivity contribution is -0.120. The first-order valence-electron chi connectivity index (χ1n) is 5.30. The van der Waals surface area contributed by atoms with Crippen LogP contribution in [-0.4, -0.2) is 28.7 Å². The highest BCUT2D eigenvalue weighted by Crippen LogP contribution is 2.25. The van der Waals surface area contributed by atoms with Crippen LogP contribution in [0.1, 0.15) is 19.4 Å². The largest absolute Gasteiger partial charge is 0.405 e. The van der Waals surface area contributed by atoms with Crippen LogP contribution >= 0.6 is 12.2 Å². The highest BCUT2D eigenvalue weighted by molar-refractivity contribution is 7.80. The number of thiocarbonyl (C=S) groups is 1. The third kappa shape index (κ3) is 3.83. The third-order valence-corrected chi connectivity index (χ3v) is 2.52. The van der Waals surface area contributed by atoms with Gasteiger partial charge in [0.1, 0.15) is 17.4 Å². The summed E-state index contributed by atoms with van der Waals surface area (Å²) in [6, 6.07) is 2.79. The molecule has 0 bridgehead atoms. The first kappa shape index (κ1) is 14.7. The number of rotatable bonds is 4. The monoisotopic (exact) mass is 277 g/mol. The molecule has 0 aliphatic heterocycles. The average molecular weight is 277 g/mol. The molecule has 7 heteroatoms. The fourth-order valence-corrected chi connectivity index (χ4v) is 1.67. The molecule has 18 heavy (non-hydrogen) atoms. The van der Waals surface area contributed by atoms with E-state index in [9.17, 15) is 13.2 Å². The van der Waals surface area contributed by atoms with Gasteiger partial charge in [-0.2, -0.15) is 13.2 Å². The highest BCUT2D eigenvalue weighted by atomic mass is 32.1. The van der Waals surface area contributed by atoms with E-state index in [1.54, 1.807) is 26.0 Å². The molecule has 3 nitrogen and oxygen atoms in total. The summed E-state index contributed by atoms with van der Waals surface area (Å²) in [6.07, 6.45) is -2.89. The van der Waals surface area contributed by atoms with Gasteiger partial charge in [-0.1, -0.05) is 12.2 Å². The van der Waals surface area contributed by atoms with E-state index in [1.165, 1.54) is 6.20 Å². The van der Waals surface area contributed by atoms with Crippen LogP contribution in [0, 0.1) is 0 Å². The number of nitrogens with two attached hydrogens (primary N) is 1. The van der Waals surface area contributed by atoms with Gasteiger partial charge in [-0.05, 0) is 26.0 Å². The molecule has 0 saturated carbocycles. The molecule has 0 aromatic carbocycles. The Morgan fingerprint density at radius 1 is 1.50 bits per heavy atom. The maximum atomic E-state index is 12.6. The van der Waals surface area contributed by atoms with Gasteiger partial charge < -0.3 is 10.6 Å². The molecule has 0 saturated heterocycles. The van der Waals surface area contributed by atoms with Crippen molar-refractivity contribution in [3.05, 3.63) is 23.9 Å². The maximum Gasteiger partial charge on any atom is 0.405 e. The Morgan fingerprint density at radius 3 is 2.56 bits per heavy atom. The lowest BCUT2D eigenvalue weighted by Gasteiger charge is -2.30. The zero-order valence-corrected chi connectivity index (χ0v) is 10.8. The molecular formula is C11H14F3N3S. The van der Waals surface area contributed by atoms with Gasteiger partial charge >= 0.3 is 6.18 Å². The summed E-state index contributed by atoms with van der Waals surface area (Å²) < 4.78 is 37.7. The first-order chi connectivity index (χ1) is 8.22. The number of nitrogens with zero attached hydrogens (tertiary/aromatic N) is 2. The molecule has 0 aliphatic carbocycles. The number of pyridine rings is 1. The van der Waals surface area contributed by atoms with Gasteiger partial charge in [0.15, 0.2) is 0 Å². The number of hydrogen-bond donors (Lipinski definition) is 1. The average Bonchev–Trinajstić information content (AvgIpc) is 2.24. The van der Waals surface area contributed by atoms with Crippen molar-refractivity contribution in [3.63, 3.8) is 0 Å². The van der Waals surface area contributed by atoms with E-state index in [4.69, 9.17) is 18.0 Å². The van der Waals surface area contributed by atoms with E-state index in [0.717, 1.165) is 4.90 Å². The normalized spacial score (nSPS) is 11.7. The van der Waals surface area contributed by atoms with Gasteiger partial charge in [0.05, 0.1) is 5.56 Å². The summed E-state index contributed by atoms with van der Waals surface area (Å²) in [5, 5.41) is 0. The summed E-state index contributed by atoms with van der Waals surface area (Å²) in [5.41, 5.74) is 5.85. The minimum absolute atomic E-state index is 0.0333. The molecule has 100 valence electrons. The Morgan fingerprint density at radius 2 is 2.11 bits per heavy atom. The molecule has 0 amide bonds. The van der Waals surface area contributed by atoms with Crippen LogP contribution in [0.25, 0.3) is 0 Å². The number of anilines is 1. The summed E-state index contributed by atoms with van der Waals surface area (Å²) in [7, 11) is 0. The summed E-state index contributed by atoms with van der Waals surface area (Å²) in [4.78, 5) is 5.13. The Hall–Kier alpha value is -1.37. The second kappa shape index (κ2) is 5.51. The van der Waals surface area contributed by atoms with Crippen LogP contribution < -0.4 is 10.6 Å². The smallest absolute Gasteiger partial charge is 0.389 e. The Kier molecular flexibility index (Phi) is 4.50. The summed E-state index contributed by atoms with van der Waals surface area (Å²) in [6.45, 7) is 2.23. The van der Waals surface area contributed by atoms with E-state index in [1.807, 2.05) is 0 Å². The molecule has 0 spiro atoms. The van der Waals surface area contributed by atoms with Crippen LogP contribution in [0.4, 0.5) is 19.0 Å². The van der Waals surface area contributed by atoms with Gasteiger partial charge in [0.2, 0.25) is 0 Å². The van der Waals surface area contributed by atoms with E-state index in [-0.39, 0.29) is 16.8 Å². The van der Waals surface area contributed by atoms with E-state index < -0.39 is 12.7 Å². The number of alkyl halides is 3. The van der Waals surface area contributed by atoms with Crippen LogP contribution in [0.2, 0.25) is 0 Å². The van der Waals surface area contributed by atoms with Gasteiger partial charge in [0.25, 0.3) is 0 Å². The molecule has 0 unspecified atom stereocenters. The van der Waals surface area contributed by atoms with Crippen molar-refractivity contribution in [2.24, 2.45) is 5.73 Å². The fraction of sp³-hybridized carbons (Fsp3) is 0.455. The van der Waals surface area contributed by atoms with E-state index >= 15 is 0 Å². The Balaban J connectivity index is 3.18. The van der Waals surface area contributed by atoms with Crippen LogP contribution in [0.15, 0.2) is 18.3 Å². The van der Waals surface area contributed by atoms with Gasteiger partial charge in [-0.3, -0.25) is 0 Å². The predicted molar refractivity (Wildman–Crippen MR) is 68.7 cm³/mol. The molecule has 2 N–H and O–H groups in total. The molecule has 1 heterocycles. The topological polar surface area (TPSA) is 42.2 Å². The molecule has 1 rings (SSSR count). The fourth-order valence-electron chi connectivity index (χ4n) is 1.51. The summed E-state index contributed by atoms with van der Waals surface area (Å²) in [5.74, 6) is 0.164. The molecule has 0 atom stereocenters.